The van der Waals surface area contributed by atoms with Crippen LogP contribution in [0.1, 0.15) is 0 Å². The molecule has 0 saturated heterocycles. The van der Waals surface area contributed by atoms with E-state index in [1.807, 2.05) is 59.2 Å². The Morgan fingerprint density at radius 1 is 0.893 bits per heavy atom. The highest BCUT2D eigenvalue weighted by Crippen LogP contribution is 2.24. The summed E-state index contributed by atoms with van der Waals surface area (Å²) in [6.45, 7) is 0.697. The zero-order chi connectivity index (χ0) is 19.6. The van der Waals surface area contributed by atoms with Crippen molar-refractivity contribution in [2.45, 2.75) is 11.4 Å². The Bertz CT molecular complexity index is 1200. The molecule has 0 bridgehead atoms. The first-order chi connectivity index (χ1) is 13.5. The number of hydrogen-bond donors (Lipinski definition) is 1. The summed E-state index contributed by atoms with van der Waals surface area (Å²) >= 11 is 5.84. The number of sulfonamides is 1. The van der Waals surface area contributed by atoms with Crippen molar-refractivity contribution < 1.29 is 8.42 Å². The Morgan fingerprint density at radius 2 is 1.57 bits per heavy atom. The second-order valence-electron chi connectivity index (χ2n) is 6.29. The Morgan fingerprint density at radius 3 is 2.32 bits per heavy atom. The molecule has 0 fully saturated rings. The molecular weight excluding hydrogens is 394 g/mol. The lowest BCUT2D eigenvalue weighted by Gasteiger charge is -2.11. The van der Waals surface area contributed by atoms with Gasteiger partial charge in [0.05, 0.1) is 15.9 Å². The fourth-order valence-electron chi connectivity index (χ4n) is 3.10. The van der Waals surface area contributed by atoms with Gasteiger partial charge < -0.3 is 4.57 Å². The van der Waals surface area contributed by atoms with Crippen molar-refractivity contribution in [1.29, 1.82) is 0 Å². The lowest BCUT2D eigenvalue weighted by molar-refractivity contribution is 0.574. The number of fused-ring (bicyclic) bond motifs is 1. The first kappa shape index (κ1) is 18.7. The summed E-state index contributed by atoms with van der Waals surface area (Å²) in [5, 5.41) is 0.497. The van der Waals surface area contributed by atoms with Crippen LogP contribution in [0.4, 0.5) is 0 Å². The van der Waals surface area contributed by atoms with Crippen molar-refractivity contribution >= 4 is 32.7 Å². The van der Waals surface area contributed by atoms with Crippen LogP contribution in [0.15, 0.2) is 83.8 Å². The zero-order valence-electron chi connectivity index (χ0n) is 14.9. The molecule has 0 spiro atoms. The van der Waals surface area contributed by atoms with Crippen molar-refractivity contribution in [2.75, 3.05) is 6.54 Å². The molecule has 0 aliphatic heterocycles. The molecular formula is C21H18ClN3O2S. The molecule has 0 radical (unpaired) electrons. The maximum atomic E-state index is 12.5. The molecule has 142 valence electrons. The van der Waals surface area contributed by atoms with Crippen LogP contribution in [-0.2, 0) is 16.6 Å². The molecule has 7 heteroatoms. The molecule has 0 unspecified atom stereocenters. The number of halogens is 1. The van der Waals surface area contributed by atoms with E-state index in [2.05, 4.69) is 4.72 Å². The average molecular weight is 412 g/mol. The van der Waals surface area contributed by atoms with Crippen LogP contribution in [0.2, 0.25) is 5.02 Å². The number of benzene rings is 3. The quantitative estimate of drug-likeness (QED) is 0.513. The van der Waals surface area contributed by atoms with Crippen molar-refractivity contribution in [1.82, 2.24) is 14.3 Å². The van der Waals surface area contributed by atoms with Gasteiger partial charge in [-0.2, -0.15) is 0 Å². The van der Waals surface area contributed by atoms with E-state index >= 15 is 0 Å². The van der Waals surface area contributed by atoms with E-state index in [0.29, 0.717) is 11.6 Å². The number of nitrogens with zero attached hydrogens (tertiary/aromatic N) is 2. The highest BCUT2D eigenvalue weighted by Gasteiger charge is 2.15. The molecule has 0 aliphatic carbocycles. The SMILES string of the molecule is O=S(=O)(NCCn1c(-c2ccccc2)nc2ccccc21)c1ccc(Cl)cc1. The Balaban J connectivity index is 1.60. The van der Waals surface area contributed by atoms with Crippen LogP contribution < -0.4 is 4.72 Å². The third-order valence-corrected chi connectivity index (χ3v) is 6.17. The van der Waals surface area contributed by atoms with E-state index in [9.17, 15) is 8.42 Å². The van der Waals surface area contributed by atoms with Crippen LogP contribution in [0.3, 0.4) is 0 Å². The summed E-state index contributed by atoms with van der Waals surface area (Å²) in [5.74, 6) is 0.812. The number of hydrogen-bond acceptors (Lipinski definition) is 3. The molecule has 1 N–H and O–H groups in total. The molecule has 3 aromatic carbocycles. The third-order valence-electron chi connectivity index (χ3n) is 4.44. The Labute approximate surface area is 168 Å². The van der Waals surface area contributed by atoms with Gasteiger partial charge >= 0.3 is 0 Å². The van der Waals surface area contributed by atoms with Crippen molar-refractivity contribution in [3.05, 3.63) is 83.9 Å². The van der Waals surface area contributed by atoms with Gasteiger partial charge in [-0.05, 0) is 36.4 Å². The van der Waals surface area contributed by atoms with Gasteiger partial charge in [-0.15, -0.1) is 0 Å². The summed E-state index contributed by atoms with van der Waals surface area (Å²) in [4.78, 5) is 4.93. The van der Waals surface area contributed by atoms with Gasteiger partial charge in [0.1, 0.15) is 5.82 Å². The molecule has 4 aromatic rings. The molecule has 1 aromatic heterocycles. The Hall–Kier alpha value is -2.67. The normalized spacial score (nSPS) is 11.8. The number of nitrogens with one attached hydrogen (secondary N) is 1. The highest BCUT2D eigenvalue weighted by molar-refractivity contribution is 7.89. The summed E-state index contributed by atoms with van der Waals surface area (Å²) in [7, 11) is -3.60. The van der Waals surface area contributed by atoms with Gasteiger partial charge in [-0.1, -0.05) is 54.1 Å². The van der Waals surface area contributed by atoms with Crippen molar-refractivity contribution in [2.24, 2.45) is 0 Å². The minimum atomic E-state index is -3.60. The topological polar surface area (TPSA) is 64.0 Å². The Kier molecular flexibility index (Phi) is 5.17. The number of imidazole rings is 1. The number of rotatable bonds is 6. The first-order valence-corrected chi connectivity index (χ1v) is 10.7. The van der Waals surface area contributed by atoms with Crippen molar-refractivity contribution in [3.8, 4) is 11.4 Å². The first-order valence-electron chi connectivity index (χ1n) is 8.80. The van der Waals surface area contributed by atoms with Gasteiger partial charge in [-0.3, -0.25) is 0 Å². The standard InChI is InChI=1S/C21H18ClN3O2S/c22-17-10-12-18(13-11-17)28(26,27)23-14-15-25-20-9-5-4-8-19(20)24-21(25)16-6-2-1-3-7-16/h1-13,23H,14-15H2. The lowest BCUT2D eigenvalue weighted by Crippen LogP contribution is -2.27. The van der Waals surface area contributed by atoms with E-state index < -0.39 is 10.0 Å². The van der Waals surface area contributed by atoms with E-state index in [1.165, 1.54) is 12.1 Å². The number of aromatic nitrogens is 2. The monoisotopic (exact) mass is 411 g/mol. The zero-order valence-corrected chi connectivity index (χ0v) is 16.5. The van der Waals surface area contributed by atoms with E-state index in [4.69, 9.17) is 16.6 Å². The van der Waals surface area contributed by atoms with Gasteiger partial charge in [0, 0.05) is 23.7 Å². The summed E-state index contributed by atoms with van der Waals surface area (Å²) < 4.78 is 29.7. The minimum absolute atomic E-state index is 0.190. The second-order valence-corrected chi connectivity index (χ2v) is 8.50. The maximum absolute atomic E-state index is 12.5. The smallest absolute Gasteiger partial charge is 0.240 e. The number of para-hydroxylation sites is 2. The van der Waals surface area contributed by atoms with Gasteiger partial charge in [0.15, 0.2) is 0 Å². The molecule has 1 heterocycles. The third kappa shape index (κ3) is 3.80. The minimum Gasteiger partial charge on any atom is -0.323 e. The van der Waals surface area contributed by atoms with E-state index in [1.54, 1.807) is 12.1 Å². The molecule has 0 atom stereocenters. The van der Waals surface area contributed by atoms with Crippen LogP contribution in [-0.4, -0.2) is 24.5 Å². The molecule has 0 aliphatic rings. The predicted octanol–water partition coefficient (Wildman–Crippen LogP) is 4.34. The second kappa shape index (κ2) is 7.75. The molecule has 0 saturated carbocycles. The molecule has 28 heavy (non-hydrogen) atoms. The fraction of sp³-hybridized carbons (Fsp3) is 0.0952. The largest absolute Gasteiger partial charge is 0.323 e. The van der Waals surface area contributed by atoms with Crippen molar-refractivity contribution in [3.63, 3.8) is 0 Å². The predicted molar refractivity (Wildman–Crippen MR) is 112 cm³/mol. The highest BCUT2D eigenvalue weighted by atomic mass is 35.5. The average Bonchev–Trinajstić information content (AvgIpc) is 3.08. The summed E-state index contributed by atoms with van der Waals surface area (Å²) in [6.07, 6.45) is 0. The van der Waals surface area contributed by atoms with Crippen LogP contribution in [0, 0.1) is 0 Å². The van der Waals surface area contributed by atoms with Crippen LogP contribution in [0.5, 0.6) is 0 Å². The maximum Gasteiger partial charge on any atom is 0.240 e. The molecule has 0 amide bonds. The van der Waals surface area contributed by atoms with Gasteiger partial charge in [-0.25, -0.2) is 18.1 Å². The molecule has 5 nitrogen and oxygen atoms in total. The van der Waals surface area contributed by atoms with Crippen LogP contribution in [0.25, 0.3) is 22.4 Å². The van der Waals surface area contributed by atoms with E-state index in [0.717, 1.165) is 22.4 Å². The van der Waals surface area contributed by atoms with Crippen LogP contribution >= 0.6 is 11.6 Å². The molecule has 4 rings (SSSR count). The summed E-state index contributed by atoms with van der Waals surface area (Å²) in [5.41, 5.74) is 2.83. The van der Waals surface area contributed by atoms with Gasteiger partial charge in [0.2, 0.25) is 10.0 Å². The fourth-order valence-corrected chi connectivity index (χ4v) is 4.25. The lowest BCUT2D eigenvalue weighted by atomic mass is 10.2. The summed E-state index contributed by atoms with van der Waals surface area (Å²) in [6, 6.07) is 23.8. The van der Waals surface area contributed by atoms with Gasteiger partial charge in [0.25, 0.3) is 0 Å². The van der Waals surface area contributed by atoms with E-state index in [-0.39, 0.29) is 11.4 Å².